The summed E-state index contributed by atoms with van der Waals surface area (Å²) >= 11 is 0. The lowest BCUT2D eigenvalue weighted by molar-refractivity contribution is 0.578. The van der Waals surface area contributed by atoms with E-state index in [-0.39, 0.29) is 0 Å². The first kappa shape index (κ1) is 18.6. The molecular weight excluding hydrogens is 346 g/mol. The first-order chi connectivity index (χ1) is 12.5. The molecule has 0 fully saturated rings. The number of nitrogens with zero attached hydrogens (tertiary/aromatic N) is 2. The van der Waals surface area contributed by atoms with Gasteiger partial charge in [-0.2, -0.15) is 0 Å². The Morgan fingerprint density at radius 1 is 1.04 bits per heavy atom. The number of nitrogens with one attached hydrogen (secondary N) is 1. The summed E-state index contributed by atoms with van der Waals surface area (Å²) in [5, 5.41) is 0. The standard InChI is InChI=1S/C20H25N3O2S/c1-3-15-23-19-8-6-5-7-18(19)22-20(23)13-14-21-26(24,25)17-11-9-16(4-2)10-12-17/h5-12,21H,3-4,13-15H2,1-2H3. The summed E-state index contributed by atoms with van der Waals surface area (Å²) in [5.74, 6) is 0.914. The van der Waals surface area contributed by atoms with E-state index in [0.717, 1.165) is 41.8 Å². The number of hydrogen-bond acceptors (Lipinski definition) is 3. The lowest BCUT2D eigenvalue weighted by Crippen LogP contribution is -2.26. The molecule has 0 saturated heterocycles. The quantitative estimate of drug-likeness (QED) is 0.659. The molecule has 6 heteroatoms. The highest BCUT2D eigenvalue weighted by Crippen LogP contribution is 2.17. The molecule has 0 atom stereocenters. The fourth-order valence-electron chi connectivity index (χ4n) is 3.07. The number of sulfonamides is 1. The van der Waals surface area contributed by atoms with E-state index in [1.807, 2.05) is 37.3 Å². The smallest absolute Gasteiger partial charge is 0.240 e. The Kier molecular flexibility index (Phi) is 5.74. The van der Waals surface area contributed by atoms with Crippen LogP contribution in [0.1, 0.15) is 31.7 Å². The first-order valence-electron chi connectivity index (χ1n) is 9.08. The van der Waals surface area contributed by atoms with Crippen LogP contribution >= 0.6 is 0 Å². The highest BCUT2D eigenvalue weighted by Gasteiger charge is 2.15. The molecule has 26 heavy (non-hydrogen) atoms. The van der Waals surface area contributed by atoms with Crippen LogP contribution in [0.3, 0.4) is 0 Å². The lowest BCUT2D eigenvalue weighted by atomic mass is 10.2. The predicted octanol–water partition coefficient (Wildman–Crippen LogP) is 3.53. The second-order valence-corrected chi connectivity index (χ2v) is 8.08. The van der Waals surface area contributed by atoms with Crippen LogP contribution in [0.5, 0.6) is 0 Å². The Balaban J connectivity index is 1.72. The van der Waals surface area contributed by atoms with Gasteiger partial charge in [0.25, 0.3) is 0 Å². The van der Waals surface area contributed by atoms with Crippen molar-refractivity contribution in [1.29, 1.82) is 0 Å². The fraction of sp³-hybridized carbons (Fsp3) is 0.350. The maximum atomic E-state index is 12.5. The third kappa shape index (κ3) is 3.97. The molecule has 0 bridgehead atoms. The molecular formula is C20H25N3O2S. The van der Waals surface area contributed by atoms with Gasteiger partial charge in [0.05, 0.1) is 15.9 Å². The van der Waals surface area contributed by atoms with Gasteiger partial charge in [0.1, 0.15) is 5.82 Å². The maximum absolute atomic E-state index is 12.5. The Labute approximate surface area is 155 Å². The van der Waals surface area contributed by atoms with Crippen molar-refractivity contribution < 1.29 is 8.42 Å². The second kappa shape index (κ2) is 8.01. The number of fused-ring (bicyclic) bond motifs is 1. The average Bonchev–Trinajstić information content (AvgIpc) is 3.00. The van der Waals surface area contributed by atoms with Gasteiger partial charge in [0, 0.05) is 19.5 Å². The van der Waals surface area contributed by atoms with E-state index < -0.39 is 10.0 Å². The molecule has 0 aliphatic carbocycles. The normalized spacial score (nSPS) is 11.9. The van der Waals surface area contributed by atoms with Gasteiger partial charge in [-0.05, 0) is 42.7 Å². The van der Waals surface area contributed by atoms with Gasteiger partial charge >= 0.3 is 0 Å². The fourth-order valence-corrected chi connectivity index (χ4v) is 4.11. The van der Waals surface area contributed by atoms with Crippen LogP contribution in [0.4, 0.5) is 0 Å². The zero-order valence-corrected chi connectivity index (χ0v) is 16.1. The third-order valence-electron chi connectivity index (χ3n) is 4.46. The SMILES string of the molecule is CCCn1c(CCNS(=O)(=O)c2ccc(CC)cc2)nc2ccccc21. The molecule has 1 aromatic heterocycles. The minimum Gasteiger partial charge on any atom is -0.328 e. The van der Waals surface area contributed by atoms with Gasteiger partial charge in [0.2, 0.25) is 10.0 Å². The van der Waals surface area contributed by atoms with E-state index in [1.54, 1.807) is 12.1 Å². The largest absolute Gasteiger partial charge is 0.328 e. The number of imidazole rings is 1. The monoisotopic (exact) mass is 371 g/mol. The summed E-state index contributed by atoms with van der Waals surface area (Å²) in [5.41, 5.74) is 3.17. The van der Waals surface area contributed by atoms with Crippen molar-refractivity contribution in [2.24, 2.45) is 0 Å². The van der Waals surface area contributed by atoms with Gasteiger partial charge in [-0.1, -0.05) is 38.1 Å². The van der Waals surface area contributed by atoms with Crippen LogP contribution < -0.4 is 4.72 Å². The molecule has 2 aromatic carbocycles. The van der Waals surface area contributed by atoms with E-state index in [2.05, 4.69) is 27.3 Å². The summed E-state index contributed by atoms with van der Waals surface area (Å²) < 4.78 is 29.8. The Morgan fingerprint density at radius 2 is 1.77 bits per heavy atom. The van der Waals surface area contributed by atoms with Crippen LogP contribution in [-0.4, -0.2) is 24.5 Å². The van der Waals surface area contributed by atoms with E-state index in [1.165, 1.54) is 0 Å². The molecule has 5 nitrogen and oxygen atoms in total. The number of rotatable bonds is 8. The molecule has 1 heterocycles. The van der Waals surface area contributed by atoms with Gasteiger partial charge in [-0.25, -0.2) is 18.1 Å². The van der Waals surface area contributed by atoms with E-state index in [0.29, 0.717) is 17.9 Å². The van der Waals surface area contributed by atoms with Crippen molar-refractivity contribution in [2.45, 2.75) is 44.6 Å². The molecule has 0 unspecified atom stereocenters. The lowest BCUT2D eigenvalue weighted by Gasteiger charge is -2.09. The number of aromatic nitrogens is 2. The molecule has 3 aromatic rings. The third-order valence-corrected chi connectivity index (χ3v) is 5.94. The van der Waals surface area contributed by atoms with Gasteiger partial charge in [0.15, 0.2) is 0 Å². The van der Waals surface area contributed by atoms with Crippen molar-refractivity contribution in [3.63, 3.8) is 0 Å². The number of hydrogen-bond donors (Lipinski definition) is 1. The number of para-hydroxylation sites is 2. The Morgan fingerprint density at radius 3 is 2.46 bits per heavy atom. The van der Waals surface area contributed by atoms with Crippen LogP contribution in [0, 0.1) is 0 Å². The highest BCUT2D eigenvalue weighted by molar-refractivity contribution is 7.89. The van der Waals surface area contributed by atoms with Crippen LogP contribution in [0.15, 0.2) is 53.4 Å². The van der Waals surface area contributed by atoms with Crippen molar-refractivity contribution >= 4 is 21.1 Å². The molecule has 0 radical (unpaired) electrons. The molecule has 138 valence electrons. The minimum atomic E-state index is -3.50. The minimum absolute atomic E-state index is 0.303. The van der Waals surface area contributed by atoms with E-state index in [4.69, 9.17) is 0 Å². The highest BCUT2D eigenvalue weighted by atomic mass is 32.2. The molecule has 0 spiro atoms. The van der Waals surface area contributed by atoms with E-state index >= 15 is 0 Å². The summed E-state index contributed by atoms with van der Waals surface area (Å²) in [4.78, 5) is 4.98. The van der Waals surface area contributed by atoms with E-state index in [9.17, 15) is 8.42 Å². The Hall–Kier alpha value is -2.18. The number of aryl methyl sites for hydroxylation is 2. The van der Waals surface area contributed by atoms with Crippen molar-refractivity contribution in [3.05, 3.63) is 59.9 Å². The summed E-state index contributed by atoms with van der Waals surface area (Å²) in [6, 6.07) is 15.1. The second-order valence-electron chi connectivity index (χ2n) is 6.31. The molecule has 0 saturated carbocycles. The maximum Gasteiger partial charge on any atom is 0.240 e. The summed E-state index contributed by atoms with van der Waals surface area (Å²) in [7, 11) is -3.50. The van der Waals surface area contributed by atoms with Crippen LogP contribution in [0.25, 0.3) is 11.0 Å². The van der Waals surface area contributed by atoms with Crippen molar-refractivity contribution in [2.75, 3.05) is 6.54 Å². The molecule has 1 N–H and O–H groups in total. The van der Waals surface area contributed by atoms with Gasteiger partial charge in [-0.15, -0.1) is 0 Å². The van der Waals surface area contributed by atoms with Crippen LogP contribution in [0.2, 0.25) is 0 Å². The molecule has 3 rings (SSSR count). The van der Waals surface area contributed by atoms with Crippen LogP contribution in [-0.2, 0) is 29.4 Å². The van der Waals surface area contributed by atoms with Gasteiger partial charge < -0.3 is 4.57 Å². The molecule has 0 aliphatic rings. The topological polar surface area (TPSA) is 64.0 Å². The molecule has 0 amide bonds. The van der Waals surface area contributed by atoms with Crippen molar-refractivity contribution in [1.82, 2.24) is 14.3 Å². The molecule has 0 aliphatic heterocycles. The Bertz CT molecular complexity index is 976. The predicted molar refractivity (Wildman–Crippen MR) is 105 cm³/mol. The summed E-state index contributed by atoms with van der Waals surface area (Å²) in [6.07, 6.45) is 2.45. The first-order valence-corrected chi connectivity index (χ1v) is 10.6. The van der Waals surface area contributed by atoms with Crippen molar-refractivity contribution in [3.8, 4) is 0 Å². The zero-order valence-electron chi connectivity index (χ0n) is 15.3. The zero-order chi connectivity index (χ0) is 18.6. The van der Waals surface area contributed by atoms with Gasteiger partial charge in [-0.3, -0.25) is 0 Å². The summed E-state index contributed by atoms with van der Waals surface area (Å²) in [6.45, 7) is 5.37. The average molecular weight is 372 g/mol. The number of benzene rings is 2.